The number of rotatable bonds is 7. The number of halogens is 4. The minimum Gasteiger partial charge on any atom is -0.362 e. The fourth-order valence-corrected chi connectivity index (χ4v) is 3.49. The van der Waals surface area contributed by atoms with E-state index in [1.807, 2.05) is 25.1 Å². The Balaban J connectivity index is 1.73. The summed E-state index contributed by atoms with van der Waals surface area (Å²) in [4.78, 5) is 17.7. The average molecular weight is 451 g/mol. The van der Waals surface area contributed by atoms with Crippen molar-refractivity contribution in [2.24, 2.45) is 0 Å². The van der Waals surface area contributed by atoms with Crippen molar-refractivity contribution in [1.29, 1.82) is 0 Å². The van der Waals surface area contributed by atoms with Crippen LogP contribution in [0.25, 0.3) is 5.69 Å². The van der Waals surface area contributed by atoms with Gasteiger partial charge >= 0.3 is 6.18 Å². The molecule has 0 N–H and O–H groups in total. The maximum atomic E-state index is 13.4. The summed E-state index contributed by atoms with van der Waals surface area (Å²) in [6.45, 7) is 1.85. The van der Waals surface area contributed by atoms with Gasteiger partial charge < -0.3 is 4.90 Å². The SMILES string of the molecule is Cc1cc(CCC(=O)Cc2cnc(N(C)C)c(C(F)(F)F)c2)n(-c2cccc(Cl)c2)n1. The lowest BCUT2D eigenvalue weighted by Crippen LogP contribution is -2.19. The number of aromatic nitrogens is 3. The number of carbonyl (C=O) groups is 1. The predicted octanol–water partition coefficient (Wildman–Crippen LogP) is 5.06. The Morgan fingerprint density at radius 2 is 1.94 bits per heavy atom. The van der Waals surface area contributed by atoms with Crippen molar-refractivity contribution in [2.75, 3.05) is 19.0 Å². The number of pyridine rings is 1. The Kier molecular flexibility index (Phi) is 6.69. The number of ketones is 1. The largest absolute Gasteiger partial charge is 0.419 e. The van der Waals surface area contributed by atoms with E-state index >= 15 is 0 Å². The molecular weight excluding hydrogens is 429 g/mol. The van der Waals surface area contributed by atoms with E-state index in [4.69, 9.17) is 11.6 Å². The molecule has 5 nitrogen and oxygen atoms in total. The lowest BCUT2D eigenvalue weighted by Gasteiger charge is -2.18. The normalized spacial score (nSPS) is 11.6. The van der Waals surface area contributed by atoms with Crippen LogP contribution in [0.4, 0.5) is 19.0 Å². The summed E-state index contributed by atoms with van der Waals surface area (Å²) in [5.74, 6) is -0.353. The first-order valence-corrected chi connectivity index (χ1v) is 9.99. The molecule has 0 atom stereocenters. The maximum Gasteiger partial charge on any atom is 0.419 e. The predicted molar refractivity (Wildman–Crippen MR) is 114 cm³/mol. The van der Waals surface area contributed by atoms with E-state index in [0.717, 1.165) is 23.1 Å². The van der Waals surface area contributed by atoms with E-state index in [9.17, 15) is 18.0 Å². The minimum absolute atomic E-state index is 0.117. The quantitative estimate of drug-likeness (QED) is 0.505. The fraction of sp³-hybridized carbons (Fsp3) is 0.318. The van der Waals surface area contributed by atoms with Gasteiger partial charge in [0.1, 0.15) is 11.6 Å². The van der Waals surface area contributed by atoms with Crippen LogP contribution in [0, 0.1) is 6.92 Å². The van der Waals surface area contributed by atoms with Crippen molar-refractivity contribution < 1.29 is 18.0 Å². The highest BCUT2D eigenvalue weighted by molar-refractivity contribution is 6.30. The van der Waals surface area contributed by atoms with Crippen LogP contribution in [-0.4, -0.2) is 34.6 Å². The number of Topliss-reactive ketones (excluding diaryl/α,β-unsaturated/α-hetero) is 1. The summed E-state index contributed by atoms with van der Waals surface area (Å²) >= 11 is 6.06. The van der Waals surface area contributed by atoms with Gasteiger partial charge in [-0.1, -0.05) is 17.7 Å². The Bertz CT molecular complexity index is 1090. The van der Waals surface area contributed by atoms with Gasteiger partial charge in [-0.25, -0.2) is 9.67 Å². The second-order valence-corrected chi connectivity index (χ2v) is 7.93. The molecule has 31 heavy (non-hydrogen) atoms. The first kappa shape index (κ1) is 22.8. The van der Waals surface area contributed by atoms with Crippen molar-refractivity contribution in [3.05, 3.63) is 70.1 Å². The number of benzene rings is 1. The van der Waals surface area contributed by atoms with Crippen molar-refractivity contribution in [1.82, 2.24) is 14.8 Å². The molecule has 164 valence electrons. The molecule has 2 aromatic heterocycles. The number of nitrogens with zero attached hydrogens (tertiary/aromatic N) is 4. The molecule has 0 radical (unpaired) electrons. The van der Waals surface area contributed by atoms with Crippen LogP contribution in [0.15, 0.2) is 42.6 Å². The van der Waals surface area contributed by atoms with E-state index in [2.05, 4.69) is 10.1 Å². The van der Waals surface area contributed by atoms with Crippen LogP contribution in [-0.2, 0) is 23.8 Å². The van der Waals surface area contributed by atoms with E-state index in [0.29, 0.717) is 11.4 Å². The molecule has 3 aromatic rings. The molecule has 0 aliphatic heterocycles. The van der Waals surface area contributed by atoms with Crippen LogP contribution in [0.2, 0.25) is 5.02 Å². The third-order valence-electron chi connectivity index (χ3n) is 4.67. The fourth-order valence-electron chi connectivity index (χ4n) is 3.31. The van der Waals surface area contributed by atoms with Crippen molar-refractivity contribution in [2.45, 2.75) is 32.4 Å². The number of alkyl halides is 3. The lowest BCUT2D eigenvalue weighted by atomic mass is 10.0. The molecule has 0 bridgehead atoms. The van der Waals surface area contributed by atoms with E-state index in [1.165, 1.54) is 25.2 Å². The topological polar surface area (TPSA) is 51.0 Å². The number of aryl methyl sites for hydroxylation is 2. The van der Waals surface area contributed by atoms with Crippen LogP contribution < -0.4 is 4.90 Å². The van der Waals surface area contributed by atoms with E-state index in [1.54, 1.807) is 16.8 Å². The number of hydrogen-bond acceptors (Lipinski definition) is 4. The first-order chi connectivity index (χ1) is 14.5. The van der Waals surface area contributed by atoms with Crippen LogP contribution in [0.1, 0.15) is 28.9 Å². The molecule has 0 aliphatic carbocycles. The van der Waals surface area contributed by atoms with Crippen LogP contribution in [0.5, 0.6) is 0 Å². The summed E-state index contributed by atoms with van der Waals surface area (Å²) in [5, 5.41) is 5.03. The highest BCUT2D eigenvalue weighted by atomic mass is 35.5. The molecule has 1 aromatic carbocycles. The minimum atomic E-state index is -4.55. The van der Waals surface area contributed by atoms with Gasteiger partial charge in [-0.3, -0.25) is 4.79 Å². The molecular formula is C22H22ClF3N4O. The molecule has 0 spiro atoms. The maximum absolute atomic E-state index is 13.4. The Morgan fingerprint density at radius 1 is 1.19 bits per heavy atom. The number of anilines is 1. The van der Waals surface area contributed by atoms with Gasteiger partial charge in [-0.15, -0.1) is 0 Å². The highest BCUT2D eigenvalue weighted by Gasteiger charge is 2.35. The summed E-state index contributed by atoms with van der Waals surface area (Å²) in [6, 6.07) is 10.1. The van der Waals surface area contributed by atoms with Crippen molar-refractivity contribution in [3.8, 4) is 5.69 Å². The van der Waals surface area contributed by atoms with Gasteiger partial charge in [-0.05, 0) is 49.2 Å². The van der Waals surface area contributed by atoms with Gasteiger partial charge in [0, 0.05) is 43.9 Å². The molecule has 2 heterocycles. The molecule has 0 saturated heterocycles. The van der Waals surface area contributed by atoms with E-state index in [-0.39, 0.29) is 30.0 Å². The van der Waals surface area contributed by atoms with Crippen LogP contribution >= 0.6 is 11.6 Å². The molecule has 0 aliphatic rings. The third-order valence-corrected chi connectivity index (χ3v) is 4.91. The van der Waals surface area contributed by atoms with Gasteiger partial charge in [-0.2, -0.15) is 18.3 Å². The van der Waals surface area contributed by atoms with Crippen LogP contribution in [0.3, 0.4) is 0 Å². The zero-order valence-corrected chi connectivity index (χ0v) is 18.1. The lowest BCUT2D eigenvalue weighted by molar-refractivity contribution is -0.137. The summed E-state index contributed by atoms with van der Waals surface area (Å²) in [6.07, 6.45) is -2.77. The Hall–Kier alpha value is -2.87. The van der Waals surface area contributed by atoms with Gasteiger partial charge in [0.15, 0.2) is 0 Å². The average Bonchev–Trinajstić information content (AvgIpc) is 3.06. The standard InChI is InChI=1S/C22H22ClF3N4O/c1-14-9-18(30(28-14)17-6-4-5-16(23)12-17)7-8-19(31)10-15-11-20(22(24,25)26)21(27-13-15)29(2)3/h4-6,9,11-13H,7-8,10H2,1-3H3. The van der Waals surface area contributed by atoms with Crippen molar-refractivity contribution in [3.63, 3.8) is 0 Å². The smallest absolute Gasteiger partial charge is 0.362 e. The molecule has 9 heteroatoms. The molecule has 0 fully saturated rings. The molecule has 0 unspecified atom stereocenters. The van der Waals surface area contributed by atoms with Gasteiger partial charge in [0.25, 0.3) is 0 Å². The van der Waals surface area contributed by atoms with E-state index < -0.39 is 11.7 Å². The second-order valence-electron chi connectivity index (χ2n) is 7.49. The molecule has 3 rings (SSSR count). The number of carbonyl (C=O) groups excluding carboxylic acids is 1. The molecule has 0 amide bonds. The molecule has 0 saturated carbocycles. The Morgan fingerprint density at radius 3 is 2.58 bits per heavy atom. The monoisotopic (exact) mass is 450 g/mol. The summed E-state index contributed by atoms with van der Waals surface area (Å²) in [7, 11) is 2.99. The third kappa shape index (κ3) is 5.64. The van der Waals surface area contributed by atoms with Gasteiger partial charge in [0.2, 0.25) is 0 Å². The van der Waals surface area contributed by atoms with Gasteiger partial charge in [0.05, 0.1) is 16.9 Å². The van der Waals surface area contributed by atoms with Crippen molar-refractivity contribution >= 4 is 23.2 Å². The summed E-state index contributed by atoms with van der Waals surface area (Å²) < 4.78 is 41.8. The zero-order chi connectivity index (χ0) is 22.8. The number of hydrogen-bond donors (Lipinski definition) is 0. The highest BCUT2D eigenvalue weighted by Crippen LogP contribution is 2.35. The second kappa shape index (κ2) is 9.09. The first-order valence-electron chi connectivity index (χ1n) is 9.61. The summed E-state index contributed by atoms with van der Waals surface area (Å²) in [5.41, 5.74) is 1.78. The zero-order valence-electron chi connectivity index (χ0n) is 17.4. The Labute approximate surface area is 183 Å².